The molecule has 0 fully saturated rings. The number of ether oxygens (including phenoxy) is 2. The number of amides is 1. The number of non-ortho nitro benzene ring substituents is 1. The highest BCUT2D eigenvalue weighted by molar-refractivity contribution is 6.09. The number of carbonyl (C=O) groups excluding carboxylic acids is 1. The fourth-order valence-corrected chi connectivity index (χ4v) is 2.12. The molecule has 8 nitrogen and oxygen atoms in total. The lowest BCUT2D eigenvalue weighted by atomic mass is 10.1. The van der Waals surface area contributed by atoms with Crippen molar-refractivity contribution >= 4 is 23.4 Å². The molecule has 0 radical (unpaired) electrons. The third-order valence-electron chi connectivity index (χ3n) is 3.44. The monoisotopic (exact) mass is 353 g/mol. The minimum atomic E-state index is -0.647. The molecule has 2 rings (SSSR count). The molecule has 1 amide bonds. The van der Waals surface area contributed by atoms with Crippen LogP contribution in [0.5, 0.6) is 11.5 Å². The molecule has 0 aromatic heterocycles. The Bertz CT molecular complexity index is 898. The van der Waals surface area contributed by atoms with Gasteiger partial charge in [-0.3, -0.25) is 14.9 Å². The number of methoxy groups -OCH3 is 2. The van der Waals surface area contributed by atoms with Crippen molar-refractivity contribution in [3.63, 3.8) is 0 Å². The second-order valence-corrected chi connectivity index (χ2v) is 5.04. The highest BCUT2D eigenvalue weighted by Crippen LogP contribution is 2.26. The lowest BCUT2D eigenvalue weighted by Gasteiger charge is -2.08. The summed E-state index contributed by atoms with van der Waals surface area (Å²) in [5.41, 5.74) is 0.580. The summed E-state index contributed by atoms with van der Waals surface area (Å²) in [7, 11) is 2.98. The maximum Gasteiger partial charge on any atom is 0.269 e. The Balaban J connectivity index is 2.27. The van der Waals surface area contributed by atoms with Crippen molar-refractivity contribution in [2.24, 2.45) is 0 Å². The van der Waals surface area contributed by atoms with Crippen LogP contribution in [0.25, 0.3) is 6.08 Å². The molecule has 0 aliphatic heterocycles. The number of rotatable bonds is 6. The van der Waals surface area contributed by atoms with E-state index in [1.165, 1.54) is 44.6 Å². The van der Waals surface area contributed by atoms with Gasteiger partial charge >= 0.3 is 0 Å². The highest BCUT2D eigenvalue weighted by Gasteiger charge is 2.13. The van der Waals surface area contributed by atoms with Crippen molar-refractivity contribution in [3.8, 4) is 17.6 Å². The maximum absolute atomic E-state index is 12.3. The van der Waals surface area contributed by atoms with Gasteiger partial charge in [-0.25, -0.2) is 0 Å². The average molecular weight is 353 g/mol. The van der Waals surface area contributed by atoms with E-state index in [1.54, 1.807) is 18.2 Å². The van der Waals surface area contributed by atoms with Crippen molar-refractivity contribution in [3.05, 3.63) is 63.7 Å². The van der Waals surface area contributed by atoms with Crippen LogP contribution in [0.1, 0.15) is 5.56 Å². The van der Waals surface area contributed by atoms with Gasteiger partial charge in [0.2, 0.25) is 0 Å². The fourth-order valence-electron chi connectivity index (χ4n) is 2.12. The van der Waals surface area contributed by atoms with Crippen molar-refractivity contribution in [2.75, 3.05) is 19.5 Å². The lowest BCUT2D eigenvalue weighted by Crippen LogP contribution is -2.13. The number of anilines is 1. The molecule has 0 aliphatic carbocycles. The van der Waals surface area contributed by atoms with E-state index in [-0.39, 0.29) is 11.3 Å². The van der Waals surface area contributed by atoms with E-state index in [0.717, 1.165) is 0 Å². The van der Waals surface area contributed by atoms with Crippen LogP contribution in [0.4, 0.5) is 11.4 Å². The van der Waals surface area contributed by atoms with Crippen molar-refractivity contribution in [2.45, 2.75) is 0 Å². The number of nitro groups is 1. The van der Waals surface area contributed by atoms with Crippen LogP contribution in [-0.2, 0) is 4.79 Å². The Morgan fingerprint density at radius 3 is 2.42 bits per heavy atom. The molecule has 0 spiro atoms. The smallest absolute Gasteiger partial charge is 0.269 e. The zero-order valence-electron chi connectivity index (χ0n) is 14.1. The summed E-state index contributed by atoms with van der Waals surface area (Å²) in [5, 5.41) is 22.5. The number of hydrogen-bond acceptors (Lipinski definition) is 6. The fraction of sp³-hybridized carbons (Fsp3) is 0.111. The molecule has 0 bridgehead atoms. The average Bonchev–Trinajstić information content (AvgIpc) is 2.66. The second-order valence-electron chi connectivity index (χ2n) is 5.04. The third kappa shape index (κ3) is 4.36. The third-order valence-corrected chi connectivity index (χ3v) is 3.44. The summed E-state index contributed by atoms with van der Waals surface area (Å²) in [6.45, 7) is 0. The molecule has 0 saturated heterocycles. The van der Waals surface area contributed by atoms with Crippen molar-refractivity contribution in [1.29, 1.82) is 5.26 Å². The molecule has 132 valence electrons. The Kier molecular flexibility index (Phi) is 5.90. The molecule has 0 unspecified atom stereocenters. The SMILES string of the molecule is COc1ccc(OC)c(/C=C(/C#N)C(=O)Nc2ccc([N+](=O)[O-])cc2)c1. The molecular formula is C18H15N3O5. The van der Waals surface area contributed by atoms with Crippen LogP contribution in [-0.4, -0.2) is 25.1 Å². The maximum atomic E-state index is 12.3. The van der Waals surface area contributed by atoms with E-state index in [9.17, 15) is 20.2 Å². The summed E-state index contributed by atoms with van der Waals surface area (Å²) >= 11 is 0. The molecular weight excluding hydrogens is 338 g/mol. The standard InChI is InChI=1S/C18H15N3O5/c1-25-16-7-8-17(26-2)12(10-16)9-13(11-19)18(22)20-14-3-5-15(6-4-14)21(23)24/h3-10H,1-2H3,(H,20,22)/b13-9-. The number of carbonyl (C=O) groups is 1. The minimum absolute atomic E-state index is 0.0971. The first-order chi connectivity index (χ1) is 12.5. The first-order valence-corrected chi connectivity index (χ1v) is 7.38. The van der Waals surface area contributed by atoms with Crippen LogP contribution < -0.4 is 14.8 Å². The van der Waals surface area contributed by atoms with Crippen LogP contribution in [0.2, 0.25) is 0 Å². The van der Waals surface area contributed by atoms with Gasteiger partial charge in [0.15, 0.2) is 0 Å². The first-order valence-electron chi connectivity index (χ1n) is 7.38. The van der Waals surface area contributed by atoms with Gasteiger partial charge in [-0.2, -0.15) is 5.26 Å². The number of benzene rings is 2. The highest BCUT2D eigenvalue weighted by atomic mass is 16.6. The quantitative estimate of drug-likeness (QED) is 0.369. The van der Waals surface area contributed by atoms with Gasteiger partial charge in [-0.05, 0) is 36.4 Å². The topological polar surface area (TPSA) is 114 Å². The molecule has 0 aliphatic rings. The summed E-state index contributed by atoms with van der Waals surface area (Å²) in [6.07, 6.45) is 1.38. The molecule has 1 N–H and O–H groups in total. The van der Waals surface area contributed by atoms with E-state index in [0.29, 0.717) is 22.7 Å². The van der Waals surface area contributed by atoms with E-state index < -0.39 is 10.8 Å². The van der Waals surface area contributed by atoms with E-state index in [4.69, 9.17) is 9.47 Å². The van der Waals surface area contributed by atoms with Crippen LogP contribution in [0, 0.1) is 21.4 Å². The zero-order chi connectivity index (χ0) is 19.1. The normalized spacial score (nSPS) is 10.6. The second kappa shape index (κ2) is 8.30. The van der Waals surface area contributed by atoms with Crippen LogP contribution >= 0.6 is 0 Å². The Morgan fingerprint density at radius 2 is 1.88 bits per heavy atom. The molecule has 0 saturated carbocycles. The number of nitriles is 1. The van der Waals surface area contributed by atoms with Crippen LogP contribution in [0.3, 0.4) is 0 Å². The van der Waals surface area contributed by atoms with Gasteiger partial charge in [0.05, 0.1) is 19.1 Å². The summed E-state index contributed by atoms with van der Waals surface area (Å²) in [5.74, 6) is 0.373. The molecule has 2 aromatic rings. The molecule has 8 heteroatoms. The van der Waals surface area contributed by atoms with E-state index >= 15 is 0 Å². The molecule has 2 aromatic carbocycles. The first kappa shape index (κ1) is 18.5. The minimum Gasteiger partial charge on any atom is -0.497 e. The zero-order valence-corrected chi connectivity index (χ0v) is 14.1. The predicted octanol–water partition coefficient (Wildman–Crippen LogP) is 3.16. The number of nitrogens with one attached hydrogen (secondary N) is 1. The van der Waals surface area contributed by atoms with Crippen molar-refractivity contribution < 1.29 is 19.2 Å². The summed E-state index contributed by atoms with van der Waals surface area (Å²) in [4.78, 5) is 22.4. The Morgan fingerprint density at radius 1 is 1.19 bits per heavy atom. The van der Waals surface area contributed by atoms with Crippen LogP contribution in [0.15, 0.2) is 48.0 Å². The molecule has 0 heterocycles. The number of nitrogens with zero attached hydrogens (tertiary/aromatic N) is 2. The van der Waals surface area contributed by atoms with Gasteiger partial charge in [-0.1, -0.05) is 0 Å². The summed E-state index contributed by atoms with van der Waals surface area (Å²) in [6, 6.07) is 12.1. The lowest BCUT2D eigenvalue weighted by molar-refractivity contribution is -0.384. The largest absolute Gasteiger partial charge is 0.497 e. The van der Waals surface area contributed by atoms with Gasteiger partial charge < -0.3 is 14.8 Å². The van der Waals surface area contributed by atoms with Gasteiger partial charge in [0.25, 0.3) is 11.6 Å². The summed E-state index contributed by atoms with van der Waals surface area (Å²) < 4.78 is 10.4. The van der Waals surface area contributed by atoms with Gasteiger partial charge in [0.1, 0.15) is 23.1 Å². The molecule has 0 atom stereocenters. The van der Waals surface area contributed by atoms with Gasteiger partial charge in [0, 0.05) is 23.4 Å². The number of nitro benzene ring substituents is 1. The Labute approximate surface area is 149 Å². The predicted molar refractivity (Wildman–Crippen MR) is 94.9 cm³/mol. The van der Waals surface area contributed by atoms with E-state index in [2.05, 4.69) is 5.32 Å². The van der Waals surface area contributed by atoms with Gasteiger partial charge in [-0.15, -0.1) is 0 Å². The number of hydrogen-bond donors (Lipinski definition) is 1. The van der Waals surface area contributed by atoms with E-state index in [1.807, 2.05) is 6.07 Å². The Hall–Kier alpha value is -3.86. The van der Waals surface area contributed by atoms with Crippen molar-refractivity contribution in [1.82, 2.24) is 0 Å². The molecule has 26 heavy (non-hydrogen) atoms.